The van der Waals surface area contributed by atoms with E-state index in [0.29, 0.717) is 0 Å². The molecule has 4 aliphatic carbocycles. The molecule has 2 heteroatoms. The highest BCUT2D eigenvalue weighted by Crippen LogP contribution is 2.64. The minimum atomic E-state index is -0.676. The van der Waals surface area contributed by atoms with Gasteiger partial charge in [0.25, 0.3) is 0 Å². The fraction of sp³-hybridized carbons (Fsp3) is 0.0909. The van der Waals surface area contributed by atoms with Crippen LogP contribution in [0.1, 0.15) is 89.0 Å². The monoisotopic (exact) mass is 1010 g/mol. The minimum Gasteiger partial charge on any atom is -0.254 e. The maximum absolute atomic E-state index is 5.15. The Morgan fingerprint density at radius 3 is 0.810 bits per heavy atom. The molecular formula is C77H54N2. The van der Waals surface area contributed by atoms with Gasteiger partial charge in [-0.1, -0.05) is 229 Å². The van der Waals surface area contributed by atoms with Crippen LogP contribution in [0.2, 0.25) is 0 Å². The van der Waals surface area contributed by atoms with Crippen molar-refractivity contribution in [2.24, 2.45) is 0 Å². The van der Waals surface area contributed by atoms with Crippen LogP contribution in [0.25, 0.3) is 67.0 Å². The standard InChI is InChI=1S/C77H54N2/c1-47-17-29-55(30-18-47)75(56-31-19-48(2)20-32-56)65-13-7-5-11-59(65)61-37-25-51(43-69(61)75)53-27-39-63-64-40-28-54(46-72(64)77(71(63)45-53)67-15-9-41-78-73(67)74-68(77)16-10-42-79-74)52-26-38-62-60-12-6-8-14-66(60)76(70(62)44-52,57-33-21-49(3)22-34-57)58-35-23-50(4)24-36-58/h5-46H,1-4H3. The van der Waals surface area contributed by atoms with E-state index in [9.17, 15) is 0 Å². The van der Waals surface area contributed by atoms with E-state index in [2.05, 4.69) is 270 Å². The van der Waals surface area contributed by atoms with E-state index in [-0.39, 0.29) is 0 Å². The van der Waals surface area contributed by atoms with Crippen molar-refractivity contribution in [2.75, 3.05) is 0 Å². The Bertz CT molecular complexity index is 4120. The van der Waals surface area contributed by atoms with Crippen molar-refractivity contribution < 1.29 is 0 Å². The fourth-order valence-electron chi connectivity index (χ4n) is 14.9. The summed E-state index contributed by atoms with van der Waals surface area (Å²) in [6.45, 7) is 8.72. The van der Waals surface area contributed by atoms with E-state index >= 15 is 0 Å². The molecule has 0 N–H and O–H groups in total. The van der Waals surface area contributed by atoms with Crippen LogP contribution in [0.4, 0.5) is 0 Å². The van der Waals surface area contributed by atoms with E-state index in [0.717, 1.165) is 11.4 Å². The Morgan fingerprint density at radius 1 is 0.228 bits per heavy atom. The van der Waals surface area contributed by atoms with Crippen molar-refractivity contribution in [1.29, 1.82) is 0 Å². The molecule has 0 atom stereocenters. The van der Waals surface area contributed by atoms with Crippen molar-refractivity contribution >= 4 is 0 Å². The SMILES string of the molecule is Cc1ccc(C2(c3ccc(C)cc3)c3ccccc3-c3ccc(-c4ccc5c(c4)C4(c6cc(-c7ccc8c(c7)C(c7ccc(C)cc7)(c7ccc(C)cc7)c7ccccc7-8)ccc6-5)c5cccnc5-c5ncccc54)cc32)cc1. The molecule has 2 aromatic heterocycles. The molecule has 1 spiro atoms. The maximum atomic E-state index is 5.15. The van der Waals surface area contributed by atoms with Gasteiger partial charge in [-0.2, -0.15) is 0 Å². The van der Waals surface area contributed by atoms with Gasteiger partial charge in [-0.05, 0) is 186 Å². The van der Waals surface area contributed by atoms with Crippen LogP contribution in [-0.2, 0) is 16.2 Å². The third-order valence-corrected chi connectivity index (χ3v) is 18.5. The van der Waals surface area contributed by atoms with Crippen LogP contribution in [0.3, 0.4) is 0 Å². The van der Waals surface area contributed by atoms with Crippen LogP contribution in [0.15, 0.2) is 255 Å². The van der Waals surface area contributed by atoms with Crippen LogP contribution in [-0.4, -0.2) is 9.97 Å². The van der Waals surface area contributed by atoms with E-state index in [1.54, 1.807) is 0 Å². The maximum Gasteiger partial charge on any atom is 0.0937 e. The molecule has 12 aromatic rings. The molecule has 79 heavy (non-hydrogen) atoms. The number of fused-ring (bicyclic) bond motifs is 16. The molecule has 0 saturated heterocycles. The molecule has 4 aliphatic rings. The zero-order chi connectivity index (χ0) is 52.8. The summed E-state index contributed by atoms with van der Waals surface area (Å²) in [6, 6.07) is 92.9. The first-order chi connectivity index (χ1) is 38.8. The summed E-state index contributed by atoms with van der Waals surface area (Å²) in [6.07, 6.45) is 3.85. The summed E-state index contributed by atoms with van der Waals surface area (Å²) < 4.78 is 0. The summed E-state index contributed by atoms with van der Waals surface area (Å²) in [5.74, 6) is 0. The molecule has 0 amide bonds. The third-order valence-electron chi connectivity index (χ3n) is 18.5. The van der Waals surface area contributed by atoms with E-state index in [1.807, 2.05) is 12.4 Å². The summed E-state index contributed by atoms with van der Waals surface area (Å²) in [4.78, 5) is 10.3. The number of pyridine rings is 2. The summed E-state index contributed by atoms with van der Waals surface area (Å²) in [5, 5.41) is 0. The van der Waals surface area contributed by atoms with Crippen LogP contribution in [0.5, 0.6) is 0 Å². The van der Waals surface area contributed by atoms with Gasteiger partial charge in [0.2, 0.25) is 0 Å². The number of hydrogen-bond donors (Lipinski definition) is 0. The smallest absolute Gasteiger partial charge is 0.0937 e. The quantitative estimate of drug-likeness (QED) is 0.166. The second-order valence-corrected chi connectivity index (χ2v) is 22.6. The molecule has 0 bridgehead atoms. The van der Waals surface area contributed by atoms with Gasteiger partial charge in [-0.25, -0.2) is 0 Å². The van der Waals surface area contributed by atoms with Gasteiger partial charge in [0.1, 0.15) is 0 Å². The zero-order valence-corrected chi connectivity index (χ0v) is 44.6. The Hall–Kier alpha value is -9.50. The first kappa shape index (κ1) is 45.7. The van der Waals surface area contributed by atoms with Gasteiger partial charge in [0, 0.05) is 12.4 Å². The van der Waals surface area contributed by atoms with Gasteiger partial charge in [0.05, 0.1) is 27.6 Å². The lowest BCUT2D eigenvalue weighted by atomic mass is 9.67. The van der Waals surface area contributed by atoms with Crippen molar-refractivity contribution in [3.05, 3.63) is 344 Å². The predicted molar refractivity (Wildman–Crippen MR) is 323 cm³/mol. The predicted octanol–water partition coefficient (Wildman–Crippen LogP) is 18.1. The summed E-state index contributed by atoms with van der Waals surface area (Å²) in [5.41, 5.74) is 32.7. The highest BCUT2D eigenvalue weighted by Gasteiger charge is 2.54. The van der Waals surface area contributed by atoms with Crippen molar-refractivity contribution in [3.63, 3.8) is 0 Å². The molecular weight excluding hydrogens is 953 g/mol. The number of aromatic nitrogens is 2. The lowest BCUT2D eigenvalue weighted by molar-refractivity contribution is 0.767. The molecule has 2 nitrogen and oxygen atoms in total. The van der Waals surface area contributed by atoms with E-state index in [1.165, 1.54) is 145 Å². The Morgan fingerprint density at radius 2 is 0.494 bits per heavy atom. The van der Waals surface area contributed by atoms with Crippen LogP contribution in [0, 0.1) is 27.7 Å². The van der Waals surface area contributed by atoms with Crippen molar-refractivity contribution in [1.82, 2.24) is 9.97 Å². The van der Waals surface area contributed by atoms with Gasteiger partial charge in [0.15, 0.2) is 0 Å². The van der Waals surface area contributed by atoms with Gasteiger partial charge >= 0.3 is 0 Å². The molecule has 0 unspecified atom stereocenters. The highest BCUT2D eigenvalue weighted by atomic mass is 14.8. The molecule has 0 aliphatic heterocycles. The Balaban J connectivity index is 0.906. The van der Waals surface area contributed by atoms with Crippen molar-refractivity contribution in [2.45, 2.75) is 43.9 Å². The number of nitrogens with zero attached hydrogens (tertiary/aromatic N) is 2. The first-order valence-electron chi connectivity index (χ1n) is 27.8. The third kappa shape index (κ3) is 6.12. The molecule has 0 saturated carbocycles. The average Bonchev–Trinajstić information content (AvgIpc) is 3.03. The lowest BCUT2D eigenvalue weighted by Gasteiger charge is -2.34. The average molecular weight is 1010 g/mol. The van der Waals surface area contributed by atoms with Crippen LogP contribution >= 0.6 is 0 Å². The lowest BCUT2D eigenvalue weighted by Crippen LogP contribution is -2.28. The van der Waals surface area contributed by atoms with Crippen LogP contribution < -0.4 is 0 Å². The summed E-state index contributed by atoms with van der Waals surface area (Å²) >= 11 is 0. The fourth-order valence-corrected chi connectivity index (χ4v) is 14.9. The summed E-state index contributed by atoms with van der Waals surface area (Å²) in [7, 11) is 0. The van der Waals surface area contributed by atoms with Crippen molar-refractivity contribution in [3.8, 4) is 67.0 Å². The highest BCUT2D eigenvalue weighted by molar-refractivity contribution is 5.97. The zero-order valence-electron chi connectivity index (χ0n) is 44.6. The molecule has 16 rings (SSSR count). The van der Waals surface area contributed by atoms with Gasteiger partial charge < -0.3 is 0 Å². The number of aryl methyl sites for hydroxylation is 4. The molecule has 2 heterocycles. The second kappa shape index (κ2) is 16.8. The van der Waals surface area contributed by atoms with E-state index in [4.69, 9.17) is 9.97 Å². The molecule has 0 radical (unpaired) electrons. The number of benzene rings is 10. The second-order valence-electron chi connectivity index (χ2n) is 22.6. The largest absolute Gasteiger partial charge is 0.254 e. The topological polar surface area (TPSA) is 25.8 Å². The molecule has 10 aromatic carbocycles. The number of rotatable bonds is 6. The van der Waals surface area contributed by atoms with Gasteiger partial charge in [-0.3, -0.25) is 9.97 Å². The van der Waals surface area contributed by atoms with E-state index < -0.39 is 16.2 Å². The first-order valence-corrected chi connectivity index (χ1v) is 27.8. The Labute approximate surface area is 462 Å². The number of hydrogen-bond acceptors (Lipinski definition) is 2. The minimum absolute atomic E-state index is 0.519. The molecule has 372 valence electrons. The van der Waals surface area contributed by atoms with Gasteiger partial charge in [-0.15, -0.1) is 0 Å². The molecule has 0 fully saturated rings. The Kier molecular flexibility index (Phi) is 9.68. The normalized spacial score (nSPS) is 14.6.